The van der Waals surface area contributed by atoms with Crippen LogP contribution in [0.15, 0.2) is 0 Å². The van der Waals surface area contributed by atoms with Crippen molar-refractivity contribution in [1.29, 1.82) is 0 Å². The fourth-order valence-corrected chi connectivity index (χ4v) is 4.87. The highest BCUT2D eigenvalue weighted by atomic mass is 16.6. The Kier molecular flexibility index (Phi) is 14.1. The zero-order valence-electron chi connectivity index (χ0n) is 19.6. The molecule has 0 amide bonds. The largest absolute Gasteiger partial charge is 0.464 e. The van der Waals surface area contributed by atoms with Crippen LogP contribution in [0.3, 0.4) is 0 Å². The van der Waals surface area contributed by atoms with Gasteiger partial charge in [0, 0.05) is 6.61 Å². The Morgan fingerprint density at radius 1 is 0.741 bits per heavy atom. The van der Waals surface area contributed by atoms with Crippen LogP contribution in [-0.2, 0) is 14.3 Å². The van der Waals surface area contributed by atoms with Gasteiger partial charge in [-0.2, -0.15) is 0 Å². The molecule has 27 heavy (non-hydrogen) atoms. The summed E-state index contributed by atoms with van der Waals surface area (Å²) in [7, 11) is 0. The van der Waals surface area contributed by atoms with Gasteiger partial charge >= 0.3 is 5.97 Å². The summed E-state index contributed by atoms with van der Waals surface area (Å²) in [6.45, 7) is 19.1. The van der Waals surface area contributed by atoms with Gasteiger partial charge in [-0.1, -0.05) is 80.1 Å². The lowest BCUT2D eigenvalue weighted by Gasteiger charge is -2.45. The summed E-state index contributed by atoms with van der Waals surface area (Å²) in [6, 6.07) is 0. The molecule has 0 aromatic heterocycles. The van der Waals surface area contributed by atoms with Crippen molar-refractivity contribution in [3.63, 3.8) is 0 Å². The van der Waals surface area contributed by atoms with Gasteiger partial charge in [-0.15, -0.1) is 0 Å². The van der Waals surface area contributed by atoms with E-state index >= 15 is 0 Å². The zero-order chi connectivity index (χ0) is 20.9. The van der Waals surface area contributed by atoms with Crippen molar-refractivity contribution in [1.82, 2.24) is 0 Å². The van der Waals surface area contributed by atoms with Gasteiger partial charge < -0.3 is 9.47 Å². The van der Waals surface area contributed by atoms with E-state index < -0.39 is 6.10 Å². The van der Waals surface area contributed by atoms with Crippen molar-refractivity contribution in [3.8, 4) is 0 Å². The first-order valence-electron chi connectivity index (χ1n) is 11.5. The third-order valence-corrected chi connectivity index (χ3v) is 6.47. The molecule has 0 aliphatic rings. The topological polar surface area (TPSA) is 35.5 Å². The first-order chi connectivity index (χ1) is 12.7. The predicted octanol–water partition coefficient (Wildman–Crippen LogP) is 7.03. The molecule has 3 nitrogen and oxygen atoms in total. The van der Waals surface area contributed by atoms with Crippen LogP contribution in [0.5, 0.6) is 0 Å². The minimum Gasteiger partial charge on any atom is -0.464 e. The summed E-state index contributed by atoms with van der Waals surface area (Å²) in [6.07, 6.45) is 9.76. The van der Waals surface area contributed by atoms with E-state index in [4.69, 9.17) is 9.47 Å². The van der Waals surface area contributed by atoms with Crippen molar-refractivity contribution >= 4 is 5.97 Å². The van der Waals surface area contributed by atoms with Crippen molar-refractivity contribution in [2.24, 2.45) is 23.2 Å². The Balaban J connectivity index is 3.82. The molecule has 0 saturated heterocycles. The summed E-state index contributed by atoms with van der Waals surface area (Å²) >= 11 is 0. The van der Waals surface area contributed by atoms with Crippen LogP contribution >= 0.6 is 0 Å². The highest BCUT2D eigenvalue weighted by Crippen LogP contribution is 2.47. The second kappa shape index (κ2) is 14.4. The van der Waals surface area contributed by atoms with Crippen LogP contribution in [0, 0.1) is 23.2 Å². The van der Waals surface area contributed by atoms with Crippen molar-refractivity contribution in [2.45, 2.75) is 113 Å². The molecule has 0 saturated carbocycles. The molecule has 0 aromatic rings. The molecule has 162 valence electrons. The number of rotatable bonds is 16. The number of carbonyl (C=O) groups excluding carboxylic acids is 1. The van der Waals surface area contributed by atoms with Gasteiger partial charge in [0.2, 0.25) is 0 Å². The quantitative estimate of drug-likeness (QED) is 0.212. The summed E-state index contributed by atoms with van der Waals surface area (Å²) in [5, 5.41) is 0. The second-order valence-electron chi connectivity index (χ2n) is 9.07. The summed E-state index contributed by atoms with van der Waals surface area (Å²) in [5.74, 6) is 1.98. The van der Waals surface area contributed by atoms with Gasteiger partial charge in [0.05, 0.1) is 6.61 Å². The smallest absolute Gasteiger partial charge is 0.334 e. The van der Waals surface area contributed by atoms with Crippen LogP contribution in [0.2, 0.25) is 0 Å². The molecule has 0 spiro atoms. The molecule has 1 atom stereocenters. The summed E-state index contributed by atoms with van der Waals surface area (Å²) in [5.41, 5.74) is 0.479. The Morgan fingerprint density at radius 2 is 1.19 bits per heavy atom. The van der Waals surface area contributed by atoms with Gasteiger partial charge in [-0.25, -0.2) is 4.79 Å². The van der Waals surface area contributed by atoms with Gasteiger partial charge in [-0.3, -0.25) is 0 Å². The van der Waals surface area contributed by atoms with E-state index in [9.17, 15) is 4.79 Å². The third kappa shape index (κ3) is 9.45. The van der Waals surface area contributed by atoms with Crippen molar-refractivity contribution in [2.75, 3.05) is 13.2 Å². The number of esters is 1. The molecule has 0 unspecified atom stereocenters. The van der Waals surface area contributed by atoms with Gasteiger partial charge in [-0.05, 0) is 49.9 Å². The second-order valence-corrected chi connectivity index (χ2v) is 9.07. The number of hydrogen-bond acceptors (Lipinski definition) is 3. The van der Waals surface area contributed by atoms with Crippen LogP contribution in [0.4, 0.5) is 0 Å². The lowest BCUT2D eigenvalue weighted by atomic mass is 9.60. The predicted molar refractivity (Wildman–Crippen MR) is 116 cm³/mol. The highest BCUT2D eigenvalue weighted by molar-refractivity contribution is 5.74. The van der Waals surface area contributed by atoms with Gasteiger partial charge in [0.25, 0.3) is 0 Å². The minimum absolute atomic E-state index is 0.252. The maximum atomic E-state index is 11.5. The molecule has 3 heteroatoms. The fourth-order valence-electron chi connectivity index (χ4n) is 4.87. The average Bonchev–Trinajstić information content (AvgIpc) is 2.58. The first-order valence-corrected chi connectivity index (χ1v) is 11.5. The lowest BCUT2D eigenvalue weighted by Crippen LogP contribution is -2.38. The fraction of sp³-hybridized carbons (Fsp3) is 0.958. The Labute approximate surface area is 170 Å². The zero-order valence-corrected chi connectivity index (χ0v) is 19.6. The highest BCUT2D eigenvalue weighted by Gasteiger charge is 2.39. The minimum atomic E-state index is -0.437. The number of carbonyl (C=O) groups is 1. The molecule has 0 rings (SSSR count). The van der Waals surface area contributed by atoms with Gasteiger partial charge in [0.1, 0.15) is 0 Å². The maximum Gasteiger partial charge on any atom is 0.334 e. The van der Waals surface area contributed by atoms with Crippen molar-refractivity contribution < 1.29 is 14.3 Å². The molecule has 0 fully saturated rings. The van der Waals surface area contributed by atoms with E-state index in [0.29, 0.717) is 18.6 Å². The Morgan fingerprint density at radius 3 is 1.63 bits per heavy atom. The number of unbranched alkanes of at least 4 members (excludes halogenated alkanes) is 6. The first kappa shape index (κ1) is 26.4. The molecule has 0 radical (unpaired) electrons. The molecule has 0 heterocycles. The van der Waals surface area contributed by atoms with E-state index in [1.54, 1.807) is 6.92 Å². The number of ether oxygens (including phenoxy) is 2. The summed E-state index contributed by atoms with van der Waals surface area (Å²) in [4.78, 5) is 11.5. The van der Waals surface area contributed by atoms with E-state index in [1.807, 2.05) is 6.92 Å². The molecular formula is C24H48O3. The molecule has 0 bridgehead atoms. The Hall–Kier alpha value is -0.570. The SMILES string of the molecule is CCOC(=O)[C@H](C)OCCCCCCCCCC(C(C)C)(C(C)C)C(C)C. The van der Waals surface area contributed by atoms with Crippen LogP contribution in [-0.4, -0.2) is 25.3 Å². The average molecular weight is 385 g/mol. The van der Waals surface area contributed by atoms with Crippen LogP contribution < -0.4 is 0 Å². The molecule has 0 aromatic carbocycles. The lowest BCUT2D eigenvalue weighted by molar-refractivity contribution is -0.155. The maximum absolute atomic E-state index is 11.5. The van der Waals surface area contributed by atoms with E-state index in [-0.39, 0.29) is 5.97 Å². The standard InChI is InChI=1S/C24H48O3/c1-9-26-23(25)22(8)27-18-16-14-12-10-11-13-15-17-24(19(2)3,20(4)5)21(6)7/h19-22H,9-18H2,1-8H3/t22-/m0/s1. The van der Waals surface area contributed by atoms with E-state index in [2.05, 4.69) is 41.5 Å². The van der Waals surface area contributed by atoms with Crippen molar-refractivity contribution in [3.05, 3.63) is 0 Å². The third-order valence-electron chi connectivity index (χ3n) is 6.47. The van der Waals surface area contributed by atoms with E-state index in [1.165, 1.54) is 44.9 Å². The monoisotopic (exact) mass is 384 g/mol. The van der Waals surface area contributed by atoms with Crippen LogP contribution in [0.1, 0.15) is 107 Å². The Bertz CT molecular complexity index is 352. The molecular weight excluding hydrogens is 336 g/mol. The molecule has 0 N–H and O–H groups in total. The molecule has 0 aliphatic heterocycles. The number of hydrogen-bond donors (Lipinski definition) is 0. The van der Waals surface area contributed by atoms with Gasteiger partial charge in [0.15, 0.2) is 6.10 Å². The van der Waals surface area contributed by atoms with Crippen LogP contribution in [0.25, 0.3) is 0 Å². The normalized spacial score (nSPS) is 13.6. The van der Waals surface area contributed by atoms with E-state index in [0.717, 1.165) is 24.2 Å². The molecule has 0 aliphatic carbocycles. The summed E-state index contributed by atoms with van der Waals surface area (Å²) < 4.78 is 10.5.